The quantitative estimate of drug-likeness (QED) is 0.0892. The molecule has 0 fully saturated rings. The van der Waals surface area contributed by atoms with Gasteiger partial charge in [-0.2, -0.15) is 0 Å². The van der Waals surface area contributed by atoms with Gasteiger partial charge in [-0.05, 0) is 32.1 Å². The van der Waals surface area contributed by atoms with Crippen LogP contribution in [0.5, 0.6) is 0 Å². The Balaban J connectivity index is 3.85. The van der Waals surface area contributed by atoms with E-state index in [0.29, 0.717) is 5.54 Å². The Kier molecular flexibility index (Phi) is 19.6. The molecule has 0 aromatic carbocycles. The molecule has 1 atom stereocenters. The van der Waals surface area contributed by atoms with Crippen molar-refractivity contribution in [2.24, 2.45) is 0 Å². The molecule has 0 radical (unpaired) electrons. The zero-order valence-electron chi connectivity index (χ0n) is 22.5. The Bertz CT molecular complexity index is 381. The third-order valence-corrected chi connectivity index (χ3v) is 10.2. The summed E-state index contributed by atoms with van der Waals surface area (Å²) >= 11 is 0. The molecule has 188 valence electrons. The zero-order valence-corrected chi connectivity index (χ0v) is 23.5. The zero-order chi connectivity index (χ0) is 23.4. The molecule has 0 N–H and O–H groups in total. The maximum absolute atomic E-state index is 5.80. The van der Waals surface area contributed by atoms with Crippen molar-refractivity contribution in [2.75, 3.05) is 48.5 Å². The highest BCUT2D eigenvalue weighted by molar-refractivity contribution is 6.62. The molecule has 0 amide bonds. The lowest BCUT2D eigenvalue weighted by atomic mass is 10.0. The summed E-state index contributed by atoms with van der Waals surface area (Å²) in [6, 6.07) is 0. The van der Waals surface area contributed by atoms with E-state index in [9.17, 15) is 0 Å². The fourth-order valence-electron chi connectivity index (χ4n) is 4.95. The van der Waals surface area contributed by atoms with E-state index in [4.69, 9.17) is 13.3 Å². The Morgan fingerprint density at radius 3 is 1.39 bits per heavy atom. The Hall–Kier alpha value is 0.0569. The van der Waals surface area contributed by atoms with Gasteiger partial charge < -0.3 is 17.8 Å². The van der Waals surface area contributed by atoms with Crippen molar-refractivity contribution in [3.05, 3.63) is 0 Å². The van der Waals surface area contributed by atoms with Crippen LogP contribution < -0.4 is 0 Å². The van der Waals surface area contributed by atoms with E-state index >= 15 is 0 Å². The van der Waals surface area contributed by atoms with Crippen LogP contribution in [0, 0.1) is 0 Å². The third-order valence-electron chi connectivity index (χ3n) is 6.90. The van der Waals surface area contributed by atoms with E-state index in [0.717, 1.165) is 0 Å². The van der Waals surface area contributed by atoms with Gasteiger partial charge in [0.05, 0.1) is 27.2 Å². The van der Waals surface area contributed by atoms with E-state index < -0.39 is 8.80 Å². The lowest BCUT2D eigenvalue weighted by Crippen LogP contribution is -2.47. The highest BCUT2D eigenvalue weighted by atomic mass is 28.4. The van der Waals surface area contributed by atoms with Crippen LogP contribution in [-0.4, -0.2) is 61.8 Å². The van der Waals surface area contributed by atoms with Crippen molar-refractivity contribution in [1.82, 2.24) is 0 Å². The van der Waals surface area contributed by atoms with Crippen LogP contribution in [0.4, 0.5) is 0 Å². The van der Waals surface area contributed by atoms with Gasteiger partial charge in [-0.3, -0.25) is 0 Å². The molecule has 0 aliphatic heterocycles. The number of rotatable bonds is 23. The van der Waals surface area contributed by atoms with E-state index in [1.807, 2.05) is 0 Å². The van der Waals surface area contributed by atoms with Crippen LogP contribution in [-0.2, 0) is 13.3 Å². The summed E-state index contributed by atoms with van der Waals surface area (Å²) < 4.78 is 18.6. The third kappa shape index (κ3) is 14.7. The van der Waals surface area contributed by atoms with Crippen molar-refractivity contribution in [1.29, 1.82) is 0 Å². The highest BCUT2D eigenvalue weighted by Gasteiger charge is 2.46. The second kappa shape index (κ2) is 19.5. The number of nitrogens with zero attached hydrogens (tertiary/aromatic N) is 1. The summed E-state index contributed by atoms with van der Waals surface area (Å²) in [5.74, 6) is 0. The molecule has 0 rings (SSSR count). The van der Waals surface area contributed by atoms with E-state index in [2.05, 4.69) is 27.9 Å². The van der Waals surface area contributed by atoms with Crippen molar-refractivity contribution < 1.29 is 17.8 Å². The highest BCUT2D eigenvalue weighted by Crippen LogP contribution is 2.34. The first kappa shape index (κ1) is 31.1. The topological polar surface area (TPSA) is 27.7 Å². The summed E-state index contributed by atoms with van der Waals surface area (Å²) in [4.78, 5) is 0. The fraction of sp³-hybridized carbons (Fsp3) is 1.00. The van der Waals surface area contributed by atoms with Gasteiger partial charge in [-0.25, -0.2) is 0 Å². The molecule has 0 saturated heterocycles. The molecular weight excluding hydrogens is 402 g/mol. The van der Waals surface area contributed by atoms with Crippen molar-refractivity contribution in [3.63, 3.8) is 0 Å². The predicted molar refractivity (Wildman–Crippen MR) is 138 cm³/mol. The molecule has 0 spiro atoms. The number of unbranched alkanes of at least 4 members (excludes halogenated alkanes) is 11. The smallest absolute Gasteiger partial charge is 0.377 e. The second-order valence-electron chi connectivity index (χ2n) is 10.1. The average molecular weight is 461 g/mol. The molecule has 0 aliphatic carbocycles. The molecule has 1 unspecified atom stereocenters. The standard InChI is InChI=1S/C26H58NO3Si/c1-8-10-19-22-26(31(28-5,29-6)30-7)23-20-17-15-13-11-12-14-16-18-21-25-27(3,4)24-9-2/h26H,8-25H2,1-7H3/q+1. The summed E-state index contributed by atoms with van der Waals surface area (Å²) in [6.45, 7) is 7.20. The van der Waals surface area contributed by atoms with Crippen LogP contribution in [0.2, 0.25) is 5.54 Å². The number of quaternary nitrogens is 1. The molecular formula is C26H58NO3Si+. The van der Waals surface area contributed by atoms with Gasteiger partial charge in [0.15, 0.2) is 0 Å². The lowest BCUT2D eigenvalue weighted by Gasteiger charge is -2.32. The average Bonchev–Trinajstić information content (AvgIpc) is 2.75. The second-order valence-corrected chi connectivity index (χ2v) is 13.4. The first-order valence-corrected chi connectivity index (χ1v) is 15.2. The molecule has 0 aromatic rings. The minimum atomic E-state index is -2.51. The van der Waals surface area contributed by atoms with Crippen molar-refractivity contribution in [3.8, 4) is 0 Å². The van der Waals surface area contributed by atoms with Gasteiger partial charge in [-0.1, -0.05) is 84.5 Å². The maximum Gasteiger partial charge on any atom is 0.503 e. The normalized spacial score (nSPS) is 13.6. The summed E-state index contributed by atoms with van der Waals surface area (Å²) in [6.07, 6.45) is 21.3. The number of hydrogen-bond acceptors (Lipinski definition) is 3. The Morgan fingerprint density at radius 2 is 0.968 bits per heavy atom. The molecule has 0 bridgehead atoms. The largest absolute Gasteiger partial charge is 0.503 e. The van der Waals surface area contributed by atoms with Crippen LogP contribution in [0.25, 0.3) is 0 Å². The Labute approximate surface area is 197 Å². The molecule has 4 nitrogen and oxygen atoms in total. The SMILES string of the molecule is CCCCCC(CCCCCCCCCCCC[N+](C)(C)CCC)[Si](OC)(OC)OC. The van der Waals surface area contributed by atoms with Gasteiger partial charge in [0.2, 0.25) is 0 Å². The van der Waals surface area contributed by atoms with Crippen molar-refractivity contribution >= 4 is 8.80 Å². The van der Waals surface area contributed by atoms with Crippen LogP contribution in [0.15, 0.2) is 0 Å². The summed E-state index contributed by atoms with van der Waals surface area (Å²) in [5, 5.41) is 0. The summed E-state index contributed by atoms with van der Waals surface area (Å²) in [7, 11) is 7.52. The predicted octanol–water partition coefficient (Wildman–Crippen LogP) is 7.59. The van der Waals surface area contributed by atoms with Crippen molar-refractivity contribution in [2.45, 2.75) is 122 Å². The summed E-state index contributed by atoms with van der Waals surface area (Å²) in [5.41, 5.74) is 0.444. The molecule has 0 saturated carbocycles. The van der Waals surface area contributed by atoms with Gasteiger partial charge in [0.1, 0.15) is 0 Å². The van der Waals surface area contributed by atoms with Gasteiger partial charge in [0, 0.05) is 26.9 Å². The molecule has 0 aliphatic rings. The first-order chi connectivity index (χ1) is 14.9. The van der Waals surface area contributed by atoms with Crippen LogP contribution >= 0.6 is 0 Å². The van der Waals surface area contributed by atoms with E-state index in [-0.39, 0.29) is 0 Å². The van der Waals surface area contributed by atoms with Gasteiger partial charge in [0.25, 0.3) is 0 Å². The Morgan fingerprint density at radius 1 is 0.548 bits per heavy atom. The molecule has 0 aromatic heterocycles. The van der Waals surface area contributed by atoms with Gasteiger partial charge in [-0.15, -0.1) is 0 Å². The van der Waals surface area contributed by atoms with Gasteiger partial charge >= 0.3 is 8.80 Å². The molecule has 5 heteroatoms. The number of hydrogen-bond donors (Lipinski definition) is 0. The van der Waals surface area contributed by atoms with Crippen LogP contribution in [0.3, 0.4) is 0 Å². The maximum atomic E-state index is 5.80. The van der Waals surface area contributed by atoms with Crippen LogP contribution in [0.1, 0.15) is 117 Å². The molecule has 0 heterocycles. The van der Waals surface area contributed by atoms with E-state index in [1.54, 1.807) is 21.3 Å². The first-order valence-electron chi connectivity index (χ1n) is 13.4. The van der Waals surface area contributed by atoms with E-state index in [1.165, 1.54) is 120 Å². The monoisotopic (exact) mass is 460 g/mol. The molecule has 31 heavy (non-hydrogen) atoms. The minimum absolute atomic E-state index is 0.444. The minimum Gasteiger partial charge on any atom is -0.377 e. The lowest BCUT2D eigenvalue weighted by molar-refractivity contribution is -0.890. The fourth-order valence-corrected chi connectivity index (χ4v) is 7.57.